The minimum atomic E-state index is -5.03. The van der Waals surface area contributed by atoms with Crippen LogP contribution in [0.5, 0.6) is 0 Å². The molecule has 148 valence electrons. The third-order valence-corrected chi connectivity index (χ3v) is 6.11. The molecule has 0 spiro atoms. The minimum absolute atomic E-state index is 0.0507. The number of fused-ring (bicyclic) bond motifs is 1. The Bertz CT molecular complexity index is 1140. The quantitative estimate of drug-likeness (QED) is 0.651. The Morgan fingerprint density at radius 2 is 1.71 bits per heavy atom. The van der Waals surface area contributed by atoms with Crippen LogP contribution in [0.3, 0.4) is 0 Å². The molecule has 2 aromatic carbocycles. The number of alkyl halides is 3. The van der Waals surface area contributed by atoms with Crippen LogP contribution in [0, 0.1) is 0 Å². The van der Waals surface area contributed by atoms with E-state index in [0.717, 1.165) is 17.5 Å². The van der Waals surface area contributed by atoms with E-state index in [1.807, 2.05) is 0 Å². The van der Waals surface area contributed by atoms with Gasteiger partial charge in [-0.15, -0.1) is 4.31 Å². The molecule has 1 heterocycles. The van der Waals surface area contributed by atoms with Crippen molar-refractivity contribution in [1.29, 1.82) is 0 Å². The number of carbonyl (C=O) groups is 1. The number of aromatic nitrogens is 1. The lowest BCUT2D eigenvalue weighted by Gasteiger charge is -2.19. The van der Waals surface area contributed by atoms with Crippen molar-refractivity contribution in [3.8, 4) is 0 Å². The molecule has 0 aliphatic heterocycles. The summed E-state index contributed by atoms with van der Waals surface area (Å²) in [6, 6.07) is 13.4. The van der Waals surface area contributed by atoms with E-state index in [4.69, 9.17) is 0 Å². The Hall–Kier alpha value is -2.85. The summed E-state index contributed by atoms with van der Waals surface area (Å²) in [6.45, 7) is 0.116. The lowest BCUT2D eigenvalue weighted by atomic mass is 10.2. The van der Waals surface area contributed by atoms with Crippen molar-refractivity contribution < 1.29 is 31.5 Å². The van der Waals surface area contributed by atoms with Gasteiger partial charge in [0, 0.05) is 24.5 Å². The summed E-state index contributed by atoms with van der Waals surface area (Å²) in [5.41, 5.74) is 1.26. The molecule has 0 saturated heterocycles. The van der Waals surface area contributed by atoms with Crippen molar-refractivity contribution >= 4 is 26.9 Å². The molecule has 0 aliphatic rings. The van der Waals surface area contributed by atoms with Gasteiger partial charge < -0.3 is 9.67 Å². The SMILES string of the molecule is CN(C(F)(F)F)S(=O)(=O)c1ccc(Cn2c(C(=O)O)cc3ccccc32)cc1. The summed E-state index contributed by atoms with van der Waals surface area (Å²) >= 11 is 0. The second-order valence-corrected chi connectivity index (χ2v) is 8.03. The van der Waals surface area contributed by atoms with Crippen molar-refractivity contribution in [1.82, 2.24) is 8.87 Å². The molecule has 6 nitrogen and oxygen atoms in total. The van der Waals surface area contributed by atoms with Gasteiger partial charge in [0.15, 0.2) is 0 Å². The lowest BCUT2D eigenvalue weighted by molar-refractivity contribution is -0.202. The Balaban J connectivity index is 1.95. The van der Waals surface area contributed by atoms with E-state index in [0.29, 0.717) is 18.1 Å². The van der Waals surface area contributed by atoms with Gasteiger partial charge in [0.2, 0.25) is 10.0 Å². The fourth-order valence-electron chi connectivity index (χ4n) is 2.80. The van der Waals surface area contributed by atoms with Crippen LogP contribution in [0.2, 0.25) is 0 Å². The van der Waals surface area contributed by atoms with Gasteiger partial charge in [0.05, 0.1) is 4.90 Å². The molecule has 0 fully saturated rings. The van der Waals surface area contributed by atoms with Crippen molar-refractivity contribution in [3.05, 3.63) is 65.9 Å². The van der Waals surface area contributed by atoms with Crippen LogP contribution in [0.15, 0.2) is 59.5 Å². The maximum absolute atomic E-state index is 12.7. The van der Waals surface area contributed by atoms with Crippen LogP contribution in [-0.2, 0) is 16.6 Å². The Kier molecular flexibility index (Phi) is 4.94. The zero-order valence-electron chi connectivity index (χ0n) is 14.5. The summed E-state index contributed by atoms with van der Waals surface area (Å²) in [5.74, 6) is -1.12. The second kappa shape index (κ2) is 6.95. The average Bonchev–Trinajstić information content (AvgIpc) is 3.00. The molecule has 0 aliphatic carbocycles. The highest BCUT2D eigenvalue weighted by molar-refractivity contribution is 7.89. The topological polar surface area (TPSA) is 79.6 Å². The van der Waals surface area contributed by atoms with Crippen molar-refractivity contribution in [2.24, 2.45) is 0 Å². The van der Waals surface area contributed by atoms with Gasteiger partial charge in [-0.1, -0.05) is 30.3 Å². The van der Waals surface area contributed by atoms with Gasteiger partial charge in [-0.3, -0.25) is 0 Å². The Morgan fingerprint density at radius 1 is 1.11 bits per heavy atom. The zero-order chi connectivity index (χ0) is 20.7. The number of para-hydroxylation sites is 1. The van der Waals surface area contributed by atoms with Gasteiger partial charge in [0.1, 0.15) is 5.69 Å². The molecule has 3 aromatic rings. The predicted molar refractivity (Wildman–Crippen MR) is 95.4 cm³/mol. The molecule has 0 radical (unpaired) electrons. The molecular formula is C18H15F3N2O4S. The minimum Gasteiger partial charge on any atom is -0.477 e. The normalized spacial score (nSPS) is 12.6. The molecular weight excluding hydrogens is 397 g/mol. The predicted octanol–water partition coefficient (Wildman–Crippen LogP) is 3.53. The van der Waals surface area contributed by atoms with Crippen LogP contribution < -0.4 is 0 Å². The first kappa shape index (κ1) is 19.9. The van der Waals surface area contributed by atoms with E-state index in [1.165, 1.54) is 18.2 Å². The summed E-state index contributed by atoms with van der Waals surface area (Å²) < 4.78 is 63.1. The van der Waals surface area contributed by atoms with Gasteiger partial charge in [0.25, 0.3) is 0 Å². The highest BCUT2D eigenvalue weighted by Gasteiger charge is 2.43. The first-order valence-corrected chi connectivity index (χ1v) is 9.42. The number of benzene rings is 2. The number of carboxylic acid groups (broad SMARTS) is 1. The van der Waals surface area contributed by atoms with E-state index in [-0.39, 0.29) is 12.2 Å². The molecule has 3 rings (SSSR count). The first-order valence-electron chi connectivity index (χ1n) is 7.98. The molecule has 10 heteroatoms. The molecule has 0 amide bonds. The Labute approximate surface area is 158 Å². The summed E-state index contributed by atoms with van der Waals surface area (Å²) in [6.07, 6.45) is -5.03. The van der Waals surface area contributed by atoms with Crippen LogP contribution >= 0.6 is 0 Å². The van der Waals surface area contributed by atoms with Crippen molar-refractivity contribution in [2.45, 2.75) is 17.7 Å². The molecule has 28 heavy (non-hydrogen) atoms. The number of hydrogen-bond acceptors (Lipinski definition) is 3. The lowest BCUT2D eigenvalue weighted by Crippen LogP contribution is -2.39. The van der Waals surface area contributed by atoms with Crippen LogP contribution in [-0.4, -0.2) is 41.7 Å². The fourth-order valence-corrected chi connectivity index (χ4v) is 3.87. The fraction of sp³-hybridized carbons (Fsp3) is 0.167. The highest BCUT2D eigenvalue weighted by Crippen LogP contribution is 2.27. The summed E-state index contributed by atoms with van der Waals surface area (Å²) in [7, 11) is -4.29. The zero-order valence-corrected chi connectivity index (χ0v) is 15.3. The van der Waals surface area contributed by atoms with Crippen LogP contribution in [0.4, 0.5) is 13.2 Å². The van der Waals surface area contributed by atoms with E-state index < -0.39 is 31.5 Å². The summed E-state index contributed by atoms with van der Waals surface area (Å²) in [4.78, 5) is 11.0. The number of hydrogen-bond donors (Lipinski definition) is 1. The van der Waals surface area contributed by atoms with Crippen molar-refractivity contribution in [3.63, 3.8) is 0 Å². The molecule has 0 unspecified atom stereocenters. The van der Waals surface area contributed by atoms with Crippen LogP contribution in [0.25, 0.3) is 10.9 Å². The van der Waals surface area contributed by atoms with Gasteiger partial charge in [-0.05, 0) is 29.8 Å². The van der Waals surface area contributed by atoms with E-state index >= 15 is 0 Å². The molecule has 1 aromatic heterocycles. The highest BCUT2D eigenvalue weighted by atomic mass is 32.2. The molecule has 0 bridgehead atoms. The second-order valence-electron chi connectivity index (χ2n) is 6.06. The first-order chi connectivity index (χ1) is 13.0. The third kappa shape index (κ3) is 3.60. The summed E-state index contributed by atoms with van der Waals surface area (Å²) in [5, 5.41) is 10.1. The number of halogens is 3. The standard InChI is InChI=1S/C18H15F3N2O4S/c1-22(18(19,20)21)28(26,27)14-8-6-12(7-9-14)11-23-15-5-3-2-4-13(15)10-16(23)17(24)25/h2-10H,11H2,1H3,(H,24,25). The number of nitrogens with zero attached hydrogens (tertiary/aromatic N) is 2. The number of rotatable bonds is 5. The Morgan fingerprint density at radius 3 is 2.29 bits per heavy atom. The average molecular weight is 412 g/mol. The van der Waals surface area contributed by atoms with E-state index in [2.05, 4.69) is 0 Å². The largest absolute Gasteiger partial charge is 0.477 e. The van der Waals surface area contributed by atoms with Gasteiger partial charge in [-0.25, -0.2) is 13.2 Å². The van der Waals surface area contributed by atoms with E-state index in [1.54, 1.807) is 28.8 Å². The smallest absolute Gasteiger partial charge is 0.473 e. The number of aromatic carboxylic acids is 1. The van der Waals surface area contributed by atoms with Crippen LogP contribution in [0.1, 0.15) is 16.1 Å². The number of sulfonamides is 1. The molecule has 0 atom stereocenters. The van der Waals surface area contributed by atoms with Crippen molar-refractivity contribution in [2.75, 3.05) is 7.05 Å². The maximum Gasteiger partial charge on any atom is 0.473 e. The van der Waals surface area contributed by atoms with E-state index in [9.17, 15) is 31.5 Å². The molecule has 0 saturated carbocycles. The number of carboxylic acids is 1. The van der Waals surface area contributed by atoms with Gasteiger partial charge >= 0.3 is 12.3 Å². The van der Waals surface area contributed by atoms with Gasteiger partial charge in [-0.2, -0.15) is 13.2 Å². The monoisotopic (exact) mass is 412 g/mol. The maximum atomic E-state index is 12.7. The molecule has 1 N–H and O–H groups in total. The third-order valence-electron chi connectivity index (χ3n) is 4.31.